The quantitative estimate of drug-likeness (QED) is 0.734. The van der Waals surface area contributed by atoms with E-state index in [9.17, 15) is 8.60 Å². The molecule has 66 valence electrons. The molecule has 0 saturated carbocycles. The predicted octanol–water partition coefficient (Wildman–Crippen LogP) is 1.78. The van der Waals surface area contributed by atoms with E-state index < -0.39 is 17.8 Å². The highest BCUT2D eigenvalue weighted by atomic mass is 32.2. The molecule has 1 N–H and O–H groups in total. The van der Waals surface area contributed by atoms with Crippen molar-refractivity contribution in [1.29, 1.82) is 0 Å². The minimum Gasteiger partial charge on any atom is -0.302 e. The molecule has 0 radical (unpaired) electrons. The molecule has 0 spiro atoms. The second-order valence-corrected chi connectivity index (χ2v) is 3.30. The number of benzene rings is 1. The minimum absolute atomic E-state index is 0.345. The molecule has 2 nitrogen and oxygen atoms in total. The lowest BCUT2D eigenvalue weighted by Gasteiger charge is -1.97. The van der Waals surface area contributed by atoms with E-state index in [1.807, 2.05) is 0 Å². The topological polar surface area (TPSA) is 37.3 Å². The van der Waals surface area contributed by atoms with Crippen LogP contribution < -0.4 is 0 Å². The fourth-order valence-electron chi connectivity index (χ4n) is 0.882. The van der Waals surface area contributed by atoms with Gasteiger partial charge < -0.3 is 4.55 Å². The van der Waals surface area contributed by atoms with Crippen LogP contribution in [0.15, 0.2) is 29.2 Å². The van der Waals surface area contributed by atoms with Crippen molar-refractivity contribution in [2.75, 3.05) is 6.67 Å². The first-order valence-corrected chi connectivity index (χ1v) is 4.60. The summed E-state index contributed by atoms with van der Waals surface area (Å²) in [5.74, 6) is 0. The summed E-state index contributed by atoms with van der Waals surface area (Å²) in [7, 11) is 0. The van der Waals surface area contributed by atoms with Gasteiger partial charge in [-0.25, -0.2) is 4.21 Å². The zero-order chi connectivity index (χ0) is 8.97. The second-order valence-electron chi connectivity index (χ2n) is 2.33. The van der Waals surface area contributed by atoms with Crippen LogP contribution in [-0.4, -0.2) is 15.4 Å². The first-order chi connectivity index (χ1) is 5.74. The molecule has 4 heteroatoms. The Balaban J connectivity index is 2.78. The van der Waals surface area contributed by atoms with Gasteiger partial charge in [0.15, 0.2) is 11.1 Å². The van der Waals surface area contributed by atoms with Crippen molar-refractivity contribution in [2.24, 2.45) is 0 Å². The van der Waals surface area contributed by atoms with Gasteiger partial charge in [0.25, 0.3) is 0 Å². The summed E-state index contributed by atoms with van der Waals surface area (Å²) in [5.41, 5.74) is 0.840. The van der Waals surface area contributed by atoms with Gasteiger partial charge in [-0.3, -0.25) is 4.39 Å². The molecule has 0 aliphatic carbocycles. The summed E-state index contributed by atoms with van der Waals surface area (Å²) < 4.78 is 31.0. The molecule has 0 bridgehead atoms. The Hall–Kier alpha value is -0.740. The van der Waals surface area contributed by atoms with E-state index in [4.69, 9.17) is 4.55 Å². The third-order valence-electron chi connectivity index (χ3n) is 1.51. The van der Waals surface area contributed by atoms with E-state index in [1.165, 1.54) is 12.1 Å². The molecule has 1 rings (SSSR count). The van der Waals surface area contributed by atoms with Gasteiger partial charge in [-0.1, -0.05) is 12.1 Å². The van der Waals surface area contributed by atoms with Gasteiger partial charge in [-0.05, 0) is 17.7 Å². The molecule has 0 fully saturated rings. The fourth-order valence-corrected chi connectivity index (χ4v) is 1.25. The standard InChI is InChI=1S/C8H9FO2S/c9-6-5-7-1-3-8(4-2-7)12(10)11/h1-4H,5-6H2,(H,10,11). The number of aryl methyl sites for hydroxylation is 1. The van der Waals surface area contributed by atoms with Gasteiger partial charge in [0.05, 0.1) is 11.6 Å². The molecular formula is C8H9FO2S. The van der Waals surface area contributed by atoms with Crippen molar-refractivity contribution < 1.29 is 13.2 Å². The van der Waals surface area contributed by atoms with E-state index in [0.29, 0.717) is 11.3 Å². The van der Waals surface area contributed by atoms with Crippen LogP contribution in [0, 0.1) is 0 Å². The maximum absolute atomic E-state index is 11.8. The molecule has 1 aromatic rings. The molecule has 1 aromatic carbocycles. The lowest BCUT2D eigenvalue weighted by molar-refractivity contribution is 0.495. The number of halogens is 1. The maximum atomic E-state index is 11.8. The van der Waals surface area contributed by atoms with Gasteiger partial charge in [0, 0.05) is 6.42 Å². The first kappa shape index (κ1) is 9.35. The summed E-state index contributed by atoms with van der Waals surface area (Å²) >= 11 is -1.93. The number of rotatable bonds is 3. The molecule has 0 aliphatic heterocycles. The van der Waals surface area contributed by atoms with Crippen molar-refractivity contribution in [1.82, 2.24) is 0 Å². The van der Waals surface area contributed by atoms with Crippen LogP contribution in [0.4, 0.5) is 4.39 Å². The van der Waals surface area contributed by atoms with Crippen LogP contribution in [0.2, 0.25) is 0 Å². The number of hydrogen-bond acceptors (Lipinski definition) is 1. The van der Waals surface area contributed by atoms with Gasteiger partial charge in [-0.15, -0.1) is 0 Å². The SMILES string of the molecule is O=S(O)c1ccc(CCF)cc1. The Morgan fingerprint density at radius 1 is 1.33 bits per heavy atom. The van der Waals surface area contributed by atoms with Gasteiger partial charge in [0.2, 0.25) is 0 Å². The molecule has 0 amide bonds. The zero-order valence-corrected chi connectivity index (χ0v) is 7.18. The molecule has 0 heterocycles. The van der Waals surface area contributed by atoms with Crippen LogP contribution in [0.3, 0.4) is 0 Å². The smallest absolute Gasteiger partial charge is 0.186 e. The number of alkyl halides is 1. The van der Waals surface area contributed by atoms with Crippen LogP contribution in [0.1, 0.15) is 5.56 Å². The van der Waals surface area contributed by atoms with Gasteiger partial charge in [-0.2, -0.15) is 0 Å². The van der Waals surface area contributed by atoms with Crippen LogP contribution >= 0.6 is 0 Å². The Morgan fingerprint density at radius 2 is 1.92 bits per heavy atom. The van der Waals surface area contributed by atoms with E-state index >= 15 is 0 Å². The van der Waals surface area contributed by atoms with E-state index in [2.05, 4.69) is 0 Å². The normalized spacial score (nSPS) is 12.8. The highest BCUT2D eigenvalue weighted by Gasteiger charge is 1.98. The zero-order valence-electron chi connectivity index (χ0n) is 6.37. The fraction of sp³-hybridized carbons (Fsp3) is 0.250. The highest BCUT2D eigenvalue weighted by molar-refractivity contribution is 7.79. The van der Waals surface area contributed by atoms with E-state index in [-0.39, 0.29) is 0 Å². The summed E-state index contributed by atoms with van der Waals surface area (Å²) in [4.78, 5) is 0.345. The lowest BCUT2D eigenvalue weighted by Crippen LogP contribution is -1.90. The molecule has 1 atom stereocenters. The third kappa shape index (κ3) is 2.39. The molecular weight excluding hydrogens is 179 g/mol. The van der Waals surface area contributed by atoms with E-state index in [0.717, 1.165) is 5.56 Å². The number of hydrogen-bond donors (Lipinski definition) is 1. The third-order valence-corrected chi connectivity index (χ3v) is 2.18. The molecule has 0 aromatic heterocycles. The van der Waals surface area contributed by atoms with Crippen molar-refractivity contribution in [3.63, 3.8) is 0 Å². The van der Waals surface area contributed by atoms with Crippen LogP contribution in [-0.2, 0) is 17.5 Å². The van der Waals surface area contributed by atoms with Crippen LogP contribution in [0.5, 0.6) is 0 Å². The Morgan fingerprint density at radius 3 is 2.33 bits per heavy atom. The Kier molecular flexibility index (Phi) is 3.37. The van der Waals surface area contributed by atoms with Crippen molar-refractivity contribution in [3.8, 4) is 0 Å². The average Bonchev–Trinajstić information content (AvgIpc) is 2.06. The predicted molar refractivity (Wildman–Crippen MR) is 45.2 cm³/mol. The Bertz CT molecular complexity index is 271. The van der Waals surface area contributed by atoms with Gasteiger partial charge >= 0.3 is 0 Å². The van der Waals surface area contributed by atoms with Crippen molar-refractivity contribution >= 4 is 11.1 Å². The molecule has 12 heavy (non-hydrogen) atoms. The second kappa shape index (κ2) is 4.33. The van der Waals surface area contributed by atoms with Gasteiger partial charge in [0.1, 0.15) is 0 Å². The first-order valence-electron chi connectivity index (χ1n) is 3.50. The monoisotopic (exact) mass is 188 g/mol. The average molecular weight is 188 g/mol. The summed E-state index contributed by atoms with van der Waals surface area (Å²) in [6, 6.07) is 6.37. The van der Waals surface area contributed by atoms with Crippen LogP contribution in [0.25, 0.3) is 0 Å². The van der Waals surface area contributed by atoms with Crippen molar-refractivity contribution in [2.45, 2.75) is 11.3 Å². The maximum Gasteiger partial charge on any atom is 0.186 e. The van der Waals surface area contributed by atoms with E-state index in [1.54, 1.807) is 12.1 Å². The summed E-state index contributed by atoms with van der Waals surface area (Å²) in [6.45, 7) is -0.401. The molecule has 0 saturated heterocycles. The van der Waals surface area contributed by atoms with Crippen molar-refractivity contribution in [3.05, 3.63) is 29.8 Å². The summed E-state index contributed by atoms with van der Waals surface area (Å²) in [5, 5.41) is 0. The highest BCUT2D eigenvalue weighted by Crippen LogP contribution is 2.07. The minimum atomic E-state index is -1.93. The lowest BCUT2D eigenvalue weighted by atomic mass is 10.2. The molecule has 0 aliphatic rings. The summed E-state index contributed by atoms with van der Waals surface area (Å²) in [6.07, 6.45) is 0.359. The molecule has 1 unspecified atom stereocenters. The Labute approximate surface area is 72.7 Å². The largest absolute Gasteiger partial charge is 0.302 e.